The van der Waals surface area contributed by atoms with Gasteiger partial charge in [-0.3, -0.25) is 14.2 Å². The SMILES string of the molecule is O=C(O)c1cn(-c2nc(C(F)(F)F)cs2)c2nc(N3CC(C(=O)CCC4CCCCO4)C3)c(F)cc2c1=O. The Hall–Kier alpha value is -3.39. The van der Waals surface area contributed by atoms with E-state index in [0.717, 1.165) is 41.5 Å². The summed E-state index contributed by atoms with van der Waals surface area (Å²) >= 11 is 0.565. The second-order valence-corrected chi connectivity index (χ2v) is 10.2. The number of carboxylic acid groups (broad SMARTS) is 1. The summed E-state index contributed by atoms with van der Waals surface area (Å²) in [7, 11) is 0. The van der Waals surface area contributed by atoms with E-state index in [2.05, 4.69) is 9.97 Å². The zero-order valence-corrected chi connectivity index (χ0v) is 20.6. The summed E-state index contributed by atoms with van der Waals surface area (Å²) in [6, 6.07) is 0.816. The second kappa shape index (κ2) is 10.1. The molecule has 1 N–H and O–H groups in total. The smallest absolute Gasteiger partial charge is 0.434 e. The number of carbonyl (C=O) groups is 2. The Labute approximate surface area is 216 Å². The van der Waals surface area contributed by atoms with Crippen LogP contribution in [0.5, 0.6) is 0 Å². The molecular weight excluding hydrogens is 532 g/mol. The van der Waals surface area contributed by atoms with Gasteiger partial charge in [0, 0.05) is 37.7 Å². The molecule has 5 rings (SSSR count). The molecule has 2 saturated heterocycles. The first-order valence-electron chi connectivity index (χ1n) is 11.9. The van der Waals surface area contributed by atoms with E-state index in [4.69, 9.17) is 4.74 Å². The van der Waals surface area contributed by atoms with Gasteiger partial charge in [0.15, 0.2) is 28.1 Å². The maximum Gasteiger partial charge on any atom is 0.434 e. The average molecular weight is 555 g/mol. The number of hydrogen-bond acceptors (Lipinski definition) is 8. The highest BCUT2D eigenvalue weighted by atomic mass is 32.1. The topological polar surface area (TPSA) is 115 Å². The molecule has 1 atom stereocenters. The maximum atomic E-state index is 15.1. The van der Waals surface area contributed by atoms with Crippen LogP contribution in [0, 0.1) is 11.7 Å². The molecule has 0 saturated carbocycles. The molecule has 202 valence electrons. The fourth-order valence-corrected chi connectivity index (χ4v) is 5.44. The lowest BCUT2D eigenvalue weighted by Gasteiger charge is -2.39. The van der Waals surface area contributed by atoms with Gasteiger partial charge >= 0.3 is 12.1 Å². The Kier molecular flexibility index (Phi) is 6.94. The number of nitrogens with zero attached hydrogens (tertiary/aromatic N) is 4. The van der Waals surface area contributed by atoms with Crippen LogP contribution in [0.2, 0.25) is 0 Å². The molecule has 5 heterocycles. The van der Waals surface area contributed by atoms with Gasteiger partial charge in [0.2, 0.25) is 5.43 Å². The van der Waals surface area contributed by atoms with Crippen molar-refractivity contribution >= 4 is 39.9 Å². The normalized spacial score (nSPS) is 18.5. The third-order valence-corrected chi connectivity index (χ3v) is 7.60. The molecule has 0 spiro atoms. The van der Waals surface area contributed by atoms with Crippen molar-refractivity contribution in [2.24, 2.45) is 5.92 Å². The molecule has 14 heteroatoms. The van der Waals surface area contributed by atoms with Crippen molar-refractivity contribution in [3.63, 3.8) is 0 Å². The van der Waals surface area contributed by atoms with E-state index >= 15 is 4.39 Å². The average Bonchev–Trinajstić information content (AvgIpc) is 3.34. The van der Waals surface area contributed by atoms with E-state index in [0.29, 0.717) is 30.8 Å². The van der Waals surface area contributed by atoms with Crippen LogP contribution in [0.4, 0.5) is 23.4 Å². The Morgan fingerprint density at radius 3 is 2.61 bits per heavy atom. The first-order chi connectivity index (χ1) is 18.0. The summed E-state index contributed by atoms with van der Waals surface area (Å²) in [6.07, 6.45) is 0.140. The van der Waals surface area contributed by atoms with Gasteiger partial charge in [-0.15, -0.1) is 11.3 Å². The van der Waals surface area contributed by atoms with Gasteiger partial charge in [0.05, 0.1) is 17.4 Å². The van der Waals surface area contributed by atoms with Crippen LogP contribution in [0.1, 0.15) is 48.2 Å². The lowest BCUT2D eigenvalue weighted by atomic mass is 9.91. The molecule has 0 bridgehead atoms. The molecule has 2 aliphatic heterocycles. The van der Waals surface area contributed by atoms with E-state index in [9.17, 15) is 32.7 Å². The third-order valence-electron chi connectivity index (χ3n) is 6.76. The number of carboxylic acids is 1. The van der Waals surface area contributed by atoms with Crippen molar-refractivity contribution in [1.29, 1.82) is 0 Å². The monoisotopic (exact) mass is 554 g/mol. The predicted octanol–water partition coefficient (Wildman–Crippen LogP) is 4.05. The molecular formula is C24H22F4N4O5S. The number of rotatable bonds is 7. The number of carbonyl (C=O) groups excluding carboxylic acids is 1. The highest BCUT2D eigenvalue weighted by molar-refractivity contribution is 7.12. The molecule has 9 nitrogen and oxygen atoms in total. The number of anilines is 1. The fraction of sp³-hybridized carbons (Fsp3) is 0.458. The largest absolute Gasteiger partial charge is 0.477 e. The highest BCUT2D eigenvalue weighted by Gasteiger charge is 2.36. The summed E-state index contributed by atoms with van der Waals surface area (Å²) in [5, 5.41) is 9.45. The zero-order chi connectivity index (χ0) is 27.2. The van der Waals surface area contributed by atoms with Crippen LogP contribution >= 0.6 is 11.3 Å². The van der Waals surface area contributed by atoms with Gasteiger partial charge in [-0.05, 0) is 31.7 Å². The number of hydrogen-bond donors (Lipinski definition) is 1. The van der Waals surface area contributed by atoms with Gasteiger partial charge < -0.3 is 14.7 Å². The molecule has 1 unspecified atom stereocenters. The van der Waals surface area contributed by atoms with Crippen molar-refractivity contribution in [3.8, 4) is 5.13 Å². The van der Waals surface area contributed by atoms with Crippen molar-refractivity contribution in [2.75, 3.05) is 24.6 Å². The number of fused-ring (bicyclic) bond motifs is 1. The van der Waals surface area contributed by atoms with Gasteiger partial charge in [-0.2, -0.15) is 13.2 Å². The molecule has 0 amide bonds. The van der Waals surface area contributed by atoms with Crippen molar-refractivity contribution < 1.29 is 37.0 Å². The number of thiazole rings is 1. The lowest BCUT2D eigenvalue weighted by Crippen LogP contribution is -2.51. The zero-order valence-electron chi connectivity index (χ0n) is 19.8. The molecule has 3 aromatic heterocycles. The summed E-state index contributed by atoms with van der Waals surface area (Å²) < 4.78 is 61.0. The van der Waals surface area contributed by atoms with E-state index < -0.39 is 40.0 Å². The number of aromatic carboxylic acids is 1. The van der Waals surface area contributed by atoms with Crippen molar-refractivity contribution in [1.82, 2.24) is 14.5 Å². The van der Waals surface area contributed by atoms with Crippen LogP contribution in [0.15, 0.2) is 22.4 Å². The molecule has 0 radical (unpaired) electrons. The van der Waals surface area contributed by atoms with E-state index in [1.54, 1.807) is 0 Å². The van der Waals surface area contributed by atoms with Crippen LogP contribution in [-0.4, -0.2) is 57.2 Å². The molecule has 2 aliphatic rings. The fourth-order valence-electron chi connectivity index (χ4n) is 4.64. The molecule has 0 aromatic carbocycles. The van der Waals surface area contributed by atoms with Crippen LogP contribution in [0.25, 0.3) is 16.2 Å². The minimum absolute atomic E-state index is 0.0297. The molecule has 3 aromatic rings. The van der Waals surface area contributed by atoms with Crippen LogP contribution < -0.4 is 10.3 Å². The van der Waals surface area contributed by atoms with E-state index in [-0.39, 0.29) is 47.5 Å². The predicted molar refractivity (Wildman–Crippen MR) is 128 cm³/mol. The molecule has 0 aliphatic carbocycles. The standard InChI is InChI=1S/C24H22F4N4O5S/c25-16-7-14-19(34)15(22(35)36)10-32(23-29-18(11-38-23)24(26,27)28)20(14)30-21(16)31-8-12(9-31)17(33)5-4-13-3-1-2-6-37-13/h7,10-13H,1-6,8-9H2,(H,35,36). The minimum Gasteiger partial charge on any atom is -0.477 e. The van der Waals surface area contributed by atoms with E-state index in [1.165, 1.54) is 4.90 Å². The quantitative estimate of drug-likeness (QED) is 0.435. The van der Waals surface area contributed by atoms with Crippen molar-refractivity contribution in [2.45, 2.75) is 44.4 Å². The summed E-state index contributed by atoms with van der Waals surface area (Å²) in [5.74, 6) is -3.05. The number of ketones is 1. The third kappa shape index (κ3) is 5.01. The summed E-state index contributed by atoms with van der Waals surface area (Å²) in [5.41, 5.74) is -3.25. The molecule has 2 fully saturated rings. The Bertz CT molecular complexity index is 1460. The van der Waals surface area contributed by atoms with Crippen LogP contribution in [0.3, 0.4) is 0 Å². The number of pyridine rings is 2. The number of aromatic nitrogens is 3. The highest BCUT2D eigenvalue weighted by Crippen LogP contribution is 2.33. The van der Waals surface area contributed by atoms with Gasteiger partial charge in [-0.25, -0.2) is 19.2 Å². The number of halogens is 4. The minimum atomic E-state index is -4.74. The Morgan fingerprint density at radius 1 is 1.21 bits per heavy atom. The Balaban J connectivity index is 1.43. The summed E-state index contributed by atoms with van der Waals surface area (Å²) in [4.78, 5) is 46.1. The molecule has 38 heavy (non-hydrogen) atoms. The first kappa shape index (κ1) is 26.2. The van der Waals surface area contributed by atoms with Gasteiger partial charge in [0.25, 0.3) is 0 Å². The second-order valence-electron chi connectivity index (χ2n) is 9.32. The van der Waals surface area contributed by atoms with Crippen LogP contribution in [-0.2, 0) is 15.7 Å². The number of ether oxygens (including phenoxy) is 1. The maximum absolute atomic E-state index is 15.1. The van der Waals surface area contributed by atoms with Gasteiger partial charge in [0.1, 0.15) is 11.3 Å². The van der Waals surface area contributed by atoms with E-state index in [1.807, 2.05) is 0 Å². The number of Topliss-reactive ketones (excluding diaryl/α,β-unsaturated/α-hetero) is 1. The van der Waals surface area contributed by atoms with Crippen molar-refractivity contribution in [3.05, 3.63) is 44.9 Å². The van der Waals surface area contributed by atoms with Gasteiger partial charge in [-0.1, -0.05) is 0 Å². The lowest BCUT2D eigenvalue weighted by molar-refractivity contribution is -0.140. The first-order valence-corrected chi connectivity index (χ1v) is 12.8. The summed E-state index contributed by atoms with van der Waals surface area (Å²) in [6.45, 7) is 1.07. The number of alkyl halides is 3. The Morgan fingerprint density at radius 2 is 1.97 bits per heavy atom.